The third kappa shape index (κ3) is 6.42. The zero-order valence-electron chi connectivity index (χ0n) is 27.5. The van der Waals surface area contributed by atoms with E-state index in [0.717, 1.165) is 50.0 Å². The minimum atomic E-state index is -4.54. The molecule has 0 spiro atoms. The molecule has 1 heterocycles. The first-order valence-corrected chi connectivity index (χ1v) is 18.9. The number of aliphatic hydroxyl groups excluding tert-OH is 1. The van der Waals surface area contributed by atoms with Crippen molar-refractivity contribution in [3.63, 3.8) is 0 Å². The Balaban J connectivity index is 0.968. The molecule has 3 aliphatic carbocycles. The van der Waals surface area contributed by atoms with Crippen LogP contribution >= 0.6 is 0 Å². The number of fused-ring (bicyclic) bond motifs is 6. The standard InChI is InChI=1S/C39H42F3NO5S/c1-38-23-32(37-29-14-9-27(44)21-25(29)7-12-30(37)33(38)15-16-36(38)45)24-5-10-28(11-6-24)48-19-3-2-4-20-49(46,47)35-17-18-43-34-22-26(39(40,41)42)8-13-31(34)35/h5-6,8-11,13-14,17-18,21-22,30,32-33,36-37,44-45H,2-4,7,12,15-16,19-20,23H2,1H3/t30-,32+,33-,36-,37+,38-/m0/s1. The van der Waals surface area contributed by atoms with Crippen molar-refractivity contribution in [3.05, 3.63) is 95.2 Å². The van der Waals surface area contributed by atoms with Gasteiger partial charge in [-0.3, -0.25) is 4.98 Å². The molecule has 2 saturated carbocycles. The third-order valence-corrected chi connectivity index (χ3v) is 13.5. The molecule has 0 aliphatic heterocycles. The van der Waals surface area contributed by atoms with Gasteiger partial charge < -0.3 is 14.9 Å². The summed E-state index contributed by atoms with van der Waals surface area (Å²) in [5.41, 5.74) is 2.80. The van der Waals surface area contributed by atoms with Crippen LogP contribution in [0.5, 0.6) is 11.5 Å². The van der Waals surface area contributed by atoms with E-state index in [0.29, 0.717) is 49.4 Å². The maximum absolute atomic E-state index is 13.1. The summed E-state index contributed by atoms with van der Waals surface area (Å²) < 4.78 is 71.6. The van der Waals surface area contributed by atoms with Gasteiger partial charge in [0.25, 0.3) is 0 Å². The maximum atomic E-state index is 13.1. The highest BCUT2D eigenvalue weighted by Crippen LogP contribution is 2.65. The van der Waals surface area contributed by atoms with Crippen LogP contribution in [0.4, 0.5) is 13.2 Å². The Morgan fingerprint density at radius 3 is 2.53 bits per heavy atom. The minimum absolute atomic E-state index is 0.00279. The lowest BCUT2D eigenvalue weighted by Gasteiger charge is -2.54. The topological polar surface area (TPSA) is 96.7 Å². The van der Waals surface area contributed by atoms with Crippen LogP contribution in [0.2, 0.25) is 0 Å². The molecule has 0 saturated heterocycles. The number of unbranched alkanes of at least 4 members (excludes halogenated alkanes) is 2. The number of phenolic OH excluding ortho intramolecular Hbond substituents is 1. The third-order valence-electron chi connectivity index (χ3n) is 11.7. The Labute approximate surface area is 285 Å². The monoisotopic (exact) mass is 693 g/mol. The van der Waals surface area contributed by atoms with Crippen molar-refractivity contribution in [1.82, 2.24) is 4.98 Å². The zero-order valence-corrected chi connectivity index (χ0v) is 28.3. The van der Waals surface area contributed by atoms with E-state index < -0.39 is 21.6 Å². The highest BCUT2D eigenvalue weighted by molar-refractivity contribution is 7.91. The summed E-state index contributed by atoms with van der Waals surface area (Å²) in [5, 5.41) is 21.5. The molecule has 4 aromatic rings. The molecule has 0 radical (unpaired) electrons. The Bertz CT molecular complexity index is 1950. The first kappa shape index (κ1) is 33.8. The minimum Gasteiger partial charge on any atom is -0.508 e. The van der Waals surface area contributed by atoms with E-state index in [1.807, 2.05) is 18.2 Å². The lowest BCUT2D eigenvalue weighted by molar-refractivity contribution is -0.137. The van der Waals surface area contributed by atoms with Gasteiger partial charge in [-0.1, -0.05) is 31.2 Å². The van der Waals surface area contributed by atoms with Gasteiger partial charge in [-0.15, -0.1) is 0 Å². The van der Waals surface area contributed by atoms with E-state index in [1.165, 1.54) is 35.0 Å². The van der Waals surface area contributed by atoms with Gasteiger partial charge in [0, 0.05) is 11.6 Å². The van der Waals surface area contributed by atoms with Gasteiger partial charge in [0.05, 0.1) is 34.4 Å². The predicted octanol–water partition coefficient (Wildman–Crippen LogP) is 8.59. The first-order chi connectivity index (χ1) is 23.3. The Kier molecular flexibility index (Phi) is 8.93. The summed E-state index contributed by atoms with van der Waals surface area (Å²) in [7, 11) is -3.72. The second-order valence-electron chi connectivity index (χ2n) is 14.5. The Morgan fingerprint density at radius 1 is 0.959 bits per heavy atom. The van der Waals surface area contributed by atoms with E-state index in [4.69, 9.17) is 4.74 Å². The number of ether oxygens (including phenoxy) is 1. The van der Waals surface area contributed by atoms with Gasteiger partial charge in [-0.25, -0.2) is 8.42 Å². The molecule has 1 aromatic heterocycles. The van der Waals surface area contributed by atoms with Gasteiger partial charge in [-0.05, 0) is 140 Å². The fraction of sp³-hybridized carbons (Fsp3) is 0.462. The van der Waals surface area contributed by atoms with Crippen molar-refractivity contribution in [2.75, 3.05) is 12.4 Å². The number of phenols is 1. The van der Waals surface area contributed by atoms with Crippen LogP contribution in [0.3, 0.4) is 0 Å². The number of benzene rings is 3. The number of rotatable bonds is 9. The number of alkyl halides is 3. The number of nitrogens with zero attached hydrogens (tertiary/aromatic N) is 1. The SMILES string of the molecule is C[C@]12C[C@H](c3ccc(OCCCCCS(=O)(=O)c4ccnc5cc(C(F)(F)F)ccc45)cc3)[C@@H]3c4ccc(O)cc4CC[C@H]3[C@@H]1CC[C@@H]2O. The van der Waals surface area contributed by atoms with Crippen LogP contribution < -0.4 is 4.74 Å². The lowest BCUT2D eigenvalue weighted by Crippen LogP contribution is -2.47. The second-order valence-corrected chi connectivity index (χ2v) is 16.5. The number of aliphatic hydroxyl groups is 1. The van der Waals surface area contributed by atoms with Crippen molar-refractivity contribution >= 4 is 20.7 Å². The average molecular weight is 694 g/mol. The Hall–Kier alpha value is -3.63. The number of hydrogen-bond acceptors (Lipinski definition) is 6. The fourth-order valence-corrected chi connectivity index (χ4v) is 10.8. The molecule has 3 aliphatic rings. The van der Waals surface area contributed by atoms with Crippen LogP contribution in [0.1, 0.15) is 86.0 Å². The van der Waals surface area contributed by atoms with Crippen LogP contribution in [0.15, 0.2) is 77.8 Å². The predicted molar refractivity (Wildman–Crippen MR) is 181 cm³/mol. The van der Waals surface area contributed by atoms with Crippen molar-refractivity contribution in [1.29, 1.82) is 0 Å². The van der Waals surface area contributed by atoms with Gasteiger partial charge in [0.15, 0.2) is 9.84 Å². The molecule has 2 N–H and O–H groups in total. The zero-order chi connectivity index (χ0) is 34.6. The summed E-state index contributed by atoms with van der Waals surface area (Å²) in [6.45, 7) is 2.70. The maximum Gasteiger partial charge on any atom is 0.416 e. The van der Waals surface area contributed by atoms with Crippen LogP contribution in [0.25, 0.3) is 10.9 Å². The largest absolute Gasteiger partial charge is 0.508 e. The second kappa shape index (κ2) is 12.9. The molecule has 49 heavy (non-hydrogen) atoms. The molecule has 0 bridgehead atoms. The highest BCUT2D eigenvalue weighted by atomic mass is 32.2. The van der Waals surface area contributed by atoms with Crippen molar-refractivity contribution in [2.24, 2.45) is 17.3 Å². The van der Waals surface area contributed by atoms with Crippen molar-refractivity contribution < 1.29 is 36.5 Å². The molecule has 7 rings (SSSR count). The normalized spacial score (nSPS) is 26.6. The molecule has 3 aromatic carbocycles. The summed E-state index contributed by atoms with van der Waals surface area (Å²) in [4.78, 5) is 3.95. The molecule has 6 atom stereocenters. The highest BCUT2D eigenvalue weighted by Gasteiger charge is 2.57. The van der Waals surface area contributed by atoms with E-state index in [-0.39, 0.29) is 39.0 Å². The molecule has 2 fully saturated rings. The molecule has 10 heteroatoms. The average Bonchev–Trinajstić information content (AvgIpc) is 3.38. The van der Waals surface area contributed by atoms with Gasteiger partial charge >= 0.3 is 6.18 Å². The van der Waals surface area contributed by atoms with Crippen molar-refractivity contribution in [2.45, 2.75) is 87.3 Å². The van der Waals surface area contributed by atoms with E-state index in [9.17, 15) is 31.8 Å². The quantitative estimate of drug-likeness (QED) is 0.171. The molecule has 0 unspecified atom stereocenters. The lowest BCUT2D eigenvalue weighted by atomic mass is 9.51. The number of sulfone groups is 1. The van der Waals surface area contributed by atoms with Gasteiger partial charge in [0.1, 0.15) is 11.5 Å². The molecular weight excluding hydrogens is 651 g/mol. The summed E-state index contributed by atoms with van der Waals surface area (Å²) >= 11 is 0. The molecule has 0 amide bonds. The summed E-state index contributed by atoms with van der Waals surface area (Å²) in [5.74, 6) is 2.46. The van der Waals surface area contributed by atoms with Gasteiger partial charge in [0.2, 0.25) is 0 Å². The summed E-state index contributed by atoms with van der Waals surface area (Å²) in [6.07, 6.45) is 2.89. The summed E-state index contributed by atoms with van der Waals surface area (Å²) in [6, 6.07) is 18.4. The number of hydrogen-bond donors (Lipinski definition) is 2. The molecular formula is C39H42F3NO5S. The van der Waals surface area contributed by atoms with Crippen LogP contribution in [-0.2, 0) is 22.4 Å². The fourth-order valence-electron chi connectivity index (χ4n) is 9.24. The number of aromatic nitrogens is 1. The number of pyridine rings is 1. The van der Waals surface area contributed by atoms with Gasteiger partial charge in [-0.2, -0.15) is 13.2 Å². The van der Waals surface area contributed by atoms with E-state index in [2.05, 4.69) is 30.1 Å². The van der Waals surface area contributed by atoms with Crippen molar-refractivity contribution in [3.8, 4) is 11.5 Å². The first-order valence-electron chi connectivity index (χ1n) is 17.3. The molecule has 6 nitrogen and oxygen atoms in total. The van der Waals surface area contributed by atoms with E-state index >= 15 is 0 Å². The number of halogens is 3. The van der Waals surface area contributed by atoms with E-state index in [1.54, 1.807) is 6.07 Å². The Morgan fingerprint density at radius 2 is 1.76 bits per heavy atom. The smallest absolute Gasteiger partial charge is 0.416 e. The van der Waals surface area contributed by atoms with Crippen LogP contribution in [-0.4, -0.2) is 42.1 Å². The molecule has 260 valence electrons. The number of aromatic hydroxyl groups is 1. The number of aryl methyl sites for hydroxylation is 1. The van der Waals surface area contributed by atoms with Crippen LogP contribution in [0, 0.1) is 17.3 Å².